The fraction of sp³-hybridized carbons (Fsp3) is 0.200. The summed E-state index contributed by atoms with van der Waals surface area (Å²) in [5, 5.41) is 3.40. The Morgan fingerprint density at radius 2 is 1.65 bits per heavy atom. The van der Waals surface area contributed by atoms with Crippen molar-refractivity contribution in [1.82, 2.24) is 0 Å². The number of halogens is 1. The van der Waals surface area contributed by atoms with Crippen LogP contribution in [-0.2, 0) is 21.4 Å². The molecule has 3 aromatic carbocycles. The first-order chi connectivity index (χ1) is 16.2. The van der Waals surface area contributed by atoms with Crippen molar-refractivity contribution < 1.29 is 18.0 Å². The molecule has 0 unspecified atom stereocenters. The lowest BCUT2D eigenvalue weighted by Gasteiger charge is -2.23. The normalized spacial score (nSPS) is 13.7. The molecule has 3 aromatic rings. The third kappa shape index (κ3) is 5.58. The Kier molecular flexibility index (Phi) is 6.90. The van der Waals surface area contributed by atoms with E-state index in [-0.39, 0.29) is 18.4 Å². The Balaban J connectivity index is 1.45. The summed E-state index contributed by atoms with van der Waals surface area (Å²) < 4.78 is 26.1. The van der Waals surface area contributed by atoms with Crippen molar-refractivity contribution >= 4 is 50.5 Å². The van der Waals surface area contributed by atoms with E-state index < -0.39 is 10.0 Å². The second kappa shape index (κ2) is 9.87. The molecule has 1 aliphatic rings. The Morgan fingerprint density at radius 1 is 1.00 bits per heavy atom. The number of anilines is 3. The maximum atomic E-state index is 12.7. The fourth-order valence-electron chi connectivity index (χ4n) is 3.78. The summed E-state index contributed by atoms with van der Waals surface area (Å²) in [6, 6.07) is 20.5. The van der Waals surface area contributed by atoms with Gasteiger partial charge in [0.05, 0.1) is 18.5 Å². The molecule has 0 bridgehead atoms. The number of rotatable bonds is 7. The van der Waals surface area contributed by atoms with Crippen LogP contribution in [0, 0.1) is 0 Å². The Bertz CT molecular complexity index is 1290. The molecule has 0 spiro atoms. The quantitative estimate of drug-likeness (QED) is 0.513. The first-order valence-electron chi connectivity index (χ1n) is 10.7. The minimum absolute atomic E-state index is 0.107. The van der Waals surface area contributed by atoms with Gasteiger partial charge in [0.2, 0.25) is 15.9 Å². The van der Waals surface area contributed by atoms with Crippen LogP contribution < -0.4 is 14.5 Å². The molecule has 1 saturated heterocycles. The van der Waals surface area contributed by atoms with Gasteiger partial charge in [0.25, 0.3) is 5.91 Å². The molecule has 1 N–H and O–H groups in total. The minimum atomic E-state index is -3.55. The second-order valence-electron chi connectivity index (χ2n) is 8.09. The summed E-state index contributed by atoms with van der Waals surface area (Å²) in [6.45, 7) is 0.854. The highest BCUT2D eigenvalue weighted by molar-refractivity contribution is 7.92. The summed E-state index contributed by atoms with van der Waals surface area (Å²) in [4.78, 5) is 26.3. The van der Waals surface area contributed by atoms with Gasteiger partial charge in [0, 0.05) is 34.9 Å². The van der Waals surface area contributed by atoms with Crippen LogP contribution in [0.25, 0.3) is 0 Å². The lowest BCUT2D eigenvalue weighted by molar-refractivity contribution is -0.117. The van der Waals surface area contributed by atoms with E-state index in [1.165, 1.54) is 4.31 Å². The number of hydrogen-bond acceptors (Lipinski definition) is 4. The molecule has 7 nitrogen and oxygen atoms in total. The summed E-state index contributed by atoms with van der Waals surface area (Å²) in [5.41, 5.74) is 3.04. The van der Waals surface area contributed by atoms with E-state index >= 15 is 0 Å². The van der Waals surface area contributed by atoms with E-state index in [0.29, 0.717) is 34.9 Å². The number of amides is 2. The third-order valence-corrected chi connectivity index (χ3v) is 6.96. The van der Waals surface area contributed by atoms with Gasteiger partial charge < -0.3 is 10.2 Å². The zero-order valence-corrected chi connectivity index (χ0v) is 20.1. The predicted molar refractivity (Wildman–Crippen MR) is 135 cm³/mol. The summed E-state index contributed by atoms with van der Waals surface area (Å²) in [5.74, 6) is -0.212. The molecule has 1 fully saturated rings. The molecule has 0 radical (unpaired) electrons. The van der Waals surface area contributed by atoms with E-state index in [0.717, 1.165) is 23.9 Å². The standard InChI is InChI=1S/C25H24ClN3O4S/c1-34(32,33)29(17-18-4-8-20(26)9-5-18)23-12-6-19(7-13-23)25(31)27-21-10-14-22(15-11-21)28-16-2-3-24(28)30/h4-15H,2-3,16-17H2,1H3,(H,27,31). The van der Waals surface area contributed by atoms with Crippen molar-refractivity contribution in [3.05, 3.63) is 88.9 Å². The van der Waals surface area contributed by atoms with Crippen LogP contribution in [0.4, 0.5) is 17.1 Å². The van der Waals surface area contributed by atoms with E-state index in [1.54, 1.807) is 65.6 Å². The van der Waals surface area contributed by atoms with Crippen LogP contribution in [0.1, 0.15) is 28.8 Å². The van der Waals surface area contributed by atoms with Gasteiger partial charge in [0.15, 0.2) is 0 Å². The van der Waals surface area contributed by atoms with Crippen LogP contribution in [0.2, 0.25) is 5.02 Å². The Hall–Kier alpha value is -3.36. The van der Waals surface area contributed by atoms with Crippen LogP contribution in [0.3, 0.4) is 0 Å². The molecule has 2 amide bonds. The van der Waals surface area contributed by atoms with Gasteiger partial charge in [0.1, 0.15) is 0 Å². The SMILES string of the molecule is CS(=O)(=O)N(Cc1ccc(Cl)cc1)c1ccc(C(=O)Nc2ccc(N3CCCC3=O)cc2)cc1. The largest absolute Gasteiger partial charge is 0.322 e. The second-order valence-corrected chi connectivity index (χ2v) is 10.4. The molecule has 176 valence electrons. The number of sulfonamides is 1. The highest BCUT2D eigenvalue weighted by atomic mass is 35.5. The molecule has 4 rings (SSSR count). The minimum Gasteiger partial charge on any atom is -0.322 e. The van der Waals surface area contributed by atoms with Gasteiger partial charge in [-0.1, -0.05) is 23.7 Å². The molecule has 1 aliphatic heterocycles. The molecular formula is C25H24ClN3O4S. The van der Waals surface area contributed by atoms with Crippen LogP contribution >= 0.6 is 11.6 Å². The smallest absolute Gasteiger partial charge is 0.255 e. The van der Waals surface area contributed by atoms with Crippen molar-refractivity contribution in [3.8, 4) is 0 Å². The number of carbonyl (C=O) groups is 2. The highest BCUT2D eigenvalue weighted by Crippen LogP contribution is 2.25. The van der Waals surface area contributed by atoms with Gasteiger partial charge >= 0.3 is 0 Å². The topological polar surface area (TPSA) is 86.8 Å². The van der Waals surface area contributed by atoms with Gasteiger partial charge in [-0.05, 0) is 72.6 Å². The molecular weight excluding hydrogens is 474 g/mol. The number of carbonyl (C=O) groups excluding carboxylic acids is 2. The van der Waals surface area contributed by atoms with Crippen molar-refractivity contribution in [2.75, 3.05) is 27.3 Å². The Labute approximate surface area is 204 Å². The third-order valence-electron chi connectivity index (χ3n) is 5.57. The molecule has 9 heteroatoms. The van der Waals surface area contributed by atoms with E-state index in [4.69, 9.17) is 11.6 Å². The van der Waals surface area contributed by atoms with E-state index in [9.17, 15) is 18.0 Å². The average Bonchev–Trinajstić information content (AvgIpc) is 3.24. The van der Waals surface area contributed by atoms with Crippen molar-refractivity contribution in [3.63, 3.8) is 0 Å². The number of benzene rings is 3. The molecule has 0 atom stereocenters. The number of hydrogen-bond donors (Lipinski definition) is 1. The summed E-state index contributed by atoms with van der Waals surface area (Å²) in [6.07, 6.45) is 2.55. The highest BCUT2D eigenvalue weighted by Gasteiger charge is 2.22. The number of nitrogens with zero attached hydrogens (tertiary/aromatic N) is 2. The first kappa shape index (κ1) is 23.8. The fourth-order valence-corrected chi connectivity index (χ4v) is 4.80. The van der Waals surface area contributed by atoms with Crippen molar-refractivity contribution in [2.24, 2.45) is 0 Å². The first-order valence-corrected chi connectivity index (χ1v) is 13.0. The average molecular weight is 498 g/mol. The van der Waals surface area contributed by atoms with E-state index in [1.807, 2.05) is 12.1 Å². The number of nitrogens with one attached hydrogen (secondary N) is 1. The Morgan fingerprint density at radius 3 is 2.21 bits per heavy atom. The summed E-state index contributed by atoms with van der Waals surface area (Å²) in [7, 11) is -3.55. The van der Waals surface area contributed by atoms with Crippen LogP contribution in [-0.4, -0.2) is 33.0 Å². The zero-order valence-electron chi connectivity index (χ0n) is 18.6. The molecule has 34 heavy (non-hydrogen) atoms. The lowest BCUT2D eigenvalue weighted by atomic mass is 10.1. The molecule has 1 heterocycles. The zero-order chi connectivity index (χ0) is 24.3. The predicted octanol–water partition coefficient (Wildman–Crippen LogP) is 4.69. The molecule has 0 aliphatic carbocycles. The summed E-state index contributed by atoms with van der Waals surface area (Å²) >= 11 is 5.92. The lowest BCUT2D eigenvalue weighted by Crippen LogP contribution is -2.29. The van der Waals surface area contributed by atoms with Gasteiger partial charge in [-0.3, -0.25) is 13.9 Å². The maximum absolute atomic E-state index is 12.7. The van der Waals surface area contributed by atoms with E-state index in [2.05, 4.69) is 5.32 Å². The van der Waals surface area contributed by atoms with Gasteiger partial charge in [-0.2, -0.15) is 0 Å². The van der Waals surface area contributed by atoms with Crippen molar-refractivity contribution in [1.29, 1.82) is 0 Å². The van der Waals surface area contributed by atoms with Crippen molar-refractivity contribution in [2.45, 2.75) is 19.4 Å². The van der Waals surface area contributed by atoms with Gasteiger partial charge in [-0.25, -0.2) is 8.42 Å². The molecule has 0 saturated carbocycles. The van der Waals surface area contributed by atoms with Gasteiger partial charge in [-0.15, -0.1) is 0 Å². The monoisotopic (exact) mass is 497 g/mol. The van der Waals surface area contributed by atoms with Crippen LogP contribution in [0.15, 0.2) is 72.8 Å². The van der Waals surface area contributed by atoms with Crippen LogP contribution in [0.5, 0.6) is 0 Å². The molecule has 0 aromatic heterocycles. The maximum Gasteiger partial charge on any atom is 0.255 e.